The lowest BCUT2D eigenvalue weighted by Gasteiger charge is -2.08. The molecule has 0 fully saturated rings. The van der Waals surface area contributed by atoms with E-state index in [1.54, 1.807) is 13.0 Å². The fourth-order valence-electron chi connectivity index (χ4n) is 1.16. The maximum atomic E-state index is 13.5. The molecule has 1 aromatic carbocycles. The van der Waals surface area contributed by atoms with Gasteiger partial charge < -0.3 is 4.74 Å². The van der Waals surface area contributed by atoms with Crippen LogP contribution in [-0.4, -0.2) is 12.6 Å². The molecule has 82 valence electrons. The molecular weight excluding hydrogens is 331 g/mol. The number of benzene rings is 1. The number of rotatable bonds is 3. The van der Waals surface area contributed by atoms with Crippen LogP contribution in [0.15, 0.2) is 16.6 Å². The molecule has 0 saturated heterocycles. The Morgan fingerprint density at radius 2 is 2.20 bits per heavy atom. The van der Waals surface area contributed by atoms with Crippen molar-refractivity contribution < 1.29 is 13.9 Å². The van der Waals surface area contributed by atoms with E-state index in [9.17, 15) is 9.18 Å². The van der Waals surface area contributed by atoms with Crippen molar-refractivity contribution in [2.45, 2.75) is 12.3 Å². The van der Waals surface area contributed by atoms with Crippen molar-refractivity contribution in [3.8, 4) is 0 Å². The first-order chi connectivity index (χ1) is 7.10. The highest BCUT2D eigenvalue weighted by Gasteiger charge is 2.18. The Morgan fingerprint density at radius 3 is 2.73 bits per heavy atom. The lowest BCUT2D eigenvalue weighted by molar-refractivity contribution is 0.0520. The van der Waals surface area contributed by atoms with Gasteiger partial charge in [0.2, 0.25) is 0 Å². The third kappa shape index (κ3) is 3.01. The van der Waals surface area contributed by atoms with Gasteiger partial charge in [-0.1, -0.05) is 31.9 Å². The van der Waals surface area contributed by atoms with Gasteiger partial charge in [0, 0.05) is 9.80 Å². The second-order valence-electron chi connectivity index (χ2n) is 2.78. The molecule has 0 unspecified atom stereocenters. The average molecular weight is 340 g/mol. The van der Waals surface area contributed by atoms with Crippen LogP contribution in [-0.2, 0) is 10.1 Å². The molecule has 0 atom stereocenters. The highest BCUT2D eigenvalue weighted by Crippen LogP contribution is 2.23. The molecule has 2 nitrogen and oxygen atoms in total. The Hall–Kier alpha value is -0.420. The lowest BCUT2D eigenvalue weighted by Crippen LogP contribution is -2.10. The summed E-state index contributed by atoms with van der Waals surface area (Å²) in [7, 11) is 0. The summed E-state index contributed by atoms with van der Waals surface area (Å²) in [4.78, 5) is 11.5. The second-order valence-corrected chi connectivity index (χ2v) is 4.25. The van der Waals surface area contributed by atoms with Crippen LogP contribution in [0.1, 0.15) is 22.8 Å². The summed E-state index contributed by atoms with van der Waals surface area (Å²) in [6.07, 6.45) is 0. The molecule has 0 aromatic heterocycles. The van der Waals surface area contributed by atoms with Gasteiger partial charge in [0.25, 0.3) is 0 Å². The van der Waals surface area contributed by atoms with Gasteiger partial charge in [-0.15, -0.1) is 0 Å². The number of carbonyl (C=O) groups is 1. The lowest BCUT2D eigenvalue weighted by atomic mass is 10.1. The number of alkyl halides is 1. The standard InChI is InChI=1S/C10H9Br2FO2/c1-2-15-10(14)9-6(5-11)3-7(12)4-8(9)13/h3-4H,2,5H2,1H3. The molecular formula is C10H9Br2FO2. The van der Waals surface area contributed by atoms with E-state index in [1.165, 1.54) is 6.07 Å². The summed E-state index contributed by atoms with van der Waals surface area (Å²) in [6.45, 7) is 1.92. The minimum Gasteiger partial charge on any atom is -0.462 e. The van der Waals surface area contributed by atoms with Gasteiger partial charge >= 0.3 is 5.97 Å². The van der Waals surface area contributed by atoms with Crippen LogP contribution in [0.25, 0.3) is 0 Å². The maximum Gasteiger partial charge on any atom is 0.341 e. The molecule has 1 rings (SSSR count). The number of esters is 1. The number of hydrogen-bond acceptors (Lipinski definition) is 2. The normalized spacial score (nSPS) is 10.1. The topological polar surface area (TPSA) is 26.3 Å². The van der Waals surface area contributed by atoms with Crippen molar-refractivity contribution in [2.75, 3.05) is 6.61 Å². The molecule has 0 spiro atoms. The molecule has 0 amide bonds. The van der Waals surface area contributed by atoms with Crippen LogP contribution in [0.4, 0.5) is 4.39 Å². The summed E-state index contributed by atoms with van der Waals surface area (Å²) in [6, 6.07) is 2.93. The minimum atomic E-state index is -0.628. The molecule has 0 aliphatic rings. The van der Waals surface area contributed by atoms with Crippen LogP contribution in [0, 0.1) is 5.82 Å². The van der Waals surface area contributed by atoms with Crippen molar-refractivity contribution >= 4 is 37.8 Å². The summed E-state index contributed by atoms with van der Waals surface area (Å²) in [5.41, 5.74) is 0.567. The van der Waals surface area contributed by atoms with Gasteiger partial charge in [0.15, 0.2) is 0 Å². The quantitative estimate of drug-likeness (QED) is 0.620. The number of hydrogen-bond donors (Lipinski definition) is 0. The first-order valence-electron chi connectivity index (χ1n) is 4.31. The van der Waals surface area contributed by atoms with Gasteiger partial charge in [-0.3, -0.25) is 0 Å². The zero-order valence-electron chi connectivity index (χ0n) is 8.02. The van der Waals surface area contributed by atoms with Gasteiger partial charge in [-0.2, -0.15) is 0 Å². The third-order valence-corrected chi connectivity index (χ3v) is 2.82. The first-order valence-corrected chi connectivity index (χ1v) is 6.22. The van der Waals surface area contributed by atoms with Crippen molar-refractivity contribution in [1.29, 1.82) is 0 Å². The zero-order valence-corrected chi connectivity index (χ0v) is 11.2. The van der Waals surface area contributed by atoms with Gasteiger partial charge in [-0.05, 0) is 24.6 Å². The Kier molecular flexibility index (Phi) is 4.73. The van der Waals surface area contributed by atoms with E-state index >= 15 is 0 Å². The Morgan fingerprint density at radius 1 is 1.53 bits per heavy atom. The van der Waals surface area contributed by atoms with Crippen LogP contribution < -0.4 is 0 Å². The van der Waals surface area contributed by atoms with E-state index in [0.29, 0.717) is 15.4 Å². The summed E-state index contributed by atoms with van der Waals surface area (Å²) >= 11 is 6.36. The molecule has 0 N–H and O–H groups in total. The van der Waals surface area contributed by atoms with E-state index in [0.717, 1.165) is 0 Å². The minimum absolute atomic E-state index is 0.00285. The molecule has 0 saturated carbocycles. The SMILES string of the molecule is CCOC(=O)c1c(F)cc(Br)cc1CBr. The number of ether oxygens (including phenoxy) is 1. The van der Waals surface area contributed by atoms with Gasteiger partial charge in [-0.25, -0.2) is 9.18 Å². The van der Waals surface area contributed by atoms with Crippen molar-refractivity contribution in [1.82, 2.24) is 0 Å². The molecule has 15 heavy (non-hydrogen) atoms. The highest BCUT2D eigenvalue weighted by atomic mass is 79.9. The van der Waals surface area contributed by atoms with Crippen LogP contribution in [0.5, 0.6) is 0 Å². The average Bonchev–Trinajstić information content (AvgIpc) is 2.16. The molecule has 0 heterocycles. The number of carbonyl (C=O) groups excluding carboxylic acids is 1. The van der Waals surface area contributed by atoms with Crippen LogP contribution in [0.2, 0.25) is 0 Å². The summed E-state index contributed by atoms with van der Waals surface area (Å²) < 4.78 is 18.9. The van der Waals surface area contributed by atoms with Gasteiger partial charge in [0.05, 0.1) is 12.2 Å². The monoisotopic (exact) mass is 338 g/mol. The Bertz CT molecular complexity index is 380. The van der Waals surface area contributed by atoms with Crippen LogP contribution >= 0.6 is 31.9 Å². The predicted octanol–water partition coefficient (Wildman–Crippen LogP) is 3.66. The fourth-order valence-corrected chi connectivity index (χ4v) is 2.08. The van der Waals surface area contributed by atoms with Crippen molar-refractivity contribution in [2.24, 2.45) is 0 Å². The van der Waals surface area contributed by atoms with E-state index in [2.05, 4.69) is 31.9 Å². The molecule has 1 aromatic rings. The van der Waals surface area contributed by atoms with E-state index in [4.69, 9.17) is 4.74 Å². The third-order valence-electron chi connectivity index (χ3n) is 1.76. The highest BCUT2D eigenvalue weighted by molar-refractivity contribution is 9.10. The van der Waals surface area contributed by atoms with Crippen molar-refractivity contribution in [3.05, 3.63) is 33.5 Å². The largest absolute Gasteiger partial charge is 0.462 e. The predicted molar refractivity (Wildman–Crippen MR) is 62.7 cm³/mol. The Labute approximate surface area is 104 Å². The van der Waals surface area contributed by atoms with Crippen LogP contribution in [0.3, 0.4) is 0 Å². The van der Waals surface area contributed by atoms with Crippen molar-refractivity contribution in [3.63, 3.8) is 0 Å². The van der Waals surface area contributed by atoms with E-state index in [-0.39, 0.29) is 12.2 Å². The van der Waals surface area contributed by atoms with E-state index in [1.807, 2.05) is 0 Å². The Balaban J connectivity index is 3.20. The molecule has 0 aliphatic carbocycles. The second kappa shape index (κ2) is 5.61. The molecule has 0 aliphatic heterocycles. The molecule has 0 radical (unpaired) electrons. The molecule has 0 bridgehead atoms. The first kappa shape index (κ1) is 12.6. The summed E-state index contributed by atoms with van der Waals surface area (Å²) in [5, 5.41) is 0.400. The number of halogens is 3. The smallest absolute Gasteiger partial charge is 0.341 e. The molecule has 5 heteroatoms. The van der Waals surface area contributed by atoms with E-state index < -0.39 is 11.8 Å². The summed E-state index contributed by atoms with van der Waals surface area (Å²) in [5.74, 6) is -1.20. The van der Waals surface area contributed by atoms with Gasteiger partial charge in [0.1, 0.15) is 5.82 Å². The zero-order chi connectivity index (χ0) is 11.4. The fraction of sp³-hybridized carbons (Fsp3) is 0.300. The maximum absolute atomic E-state index is 13.5.